The standard InChI is InChI=1S/C16H21N3O2S/c1-12-17-15(21-18-12)5-4-6-16(20)19(2)11-13-7-9-14(22-3)10-8-13/h7-10H,4-6,11H2,1-3H3. The molecule has 1 aromatic heterocycles. The summed E-state index contributed by atoms with van der Waals surface area (Å²) < 4.78 is 5.04. The number of hydrogen-bond acceptors (Lipinski definition) is 5. The summed E-state index contributed by atoms with van der Waals surface area (Å²) in [5, 5.41) is 3.74. The first-order chi connectivity index (χ1) is 10.6. The van der Waals surface area contributed by atoms with Gasteiger partial charge in [-0.3, -0.25) is 4.79 Å². The maximum atomic E-state index is 12.1. The molecule has 0 aliphatic heterocycles. The fourth-order valence-electron chi connectivity index (χ4n) is 2.12. The van der Waals surface area contributed by atoms with Crippen molar-refractivity contribution in [3.8, 4) is 0 Å². The number of aryl methyl sites for hydroxylation is 2. The second-order valence-corrected chi connectivity index (χ2v) is 6.07. The highest BCUT2D eigenvalue weighted by atomic mass is 32.2. The second-order valence-electron chi connectivity index (χ2n) is 5.19. The van der Waals surface area contributed by atoms with Crippen molar-refractivity contribution in [1.29, 1.82) is 0 Å². The fraction of sp³-hybridized carbons (Fsp3) is 0.438. The molecular formula is C16H21N3O2S. The van der Waals surface area contributed by atoms with E-state index in [0.717, 1.165) is 12.0 Å². The summed E-state index contributed by atoms with van der Waals surface area (Å²) in [6, 6.07) is 8.29. The summed E-state index contributed by atoms with van der Waals surface area (Å²) >= 11 is 1.71. The highest BCUT2D eigenvalue weighted by molar-refractivity contribution is 7.98. The molecule has 2 rings (SSSR count). The van der Waals surface area contributed by atoms with E-state index in [1.165, 1.54) is 4.90 Å². The van der Waals surface area contributed by atoms with Crippen LogP contribution in [0.2, 0.25) is 0 Å². The van der Waals surface area contributed by atoms with Crippen molar-refractivity contribution in [2.24, 2.45) is 0 Å². The molecule has 0 saturated heterocycles. The maximum Gasteiger partial charge on any atom is 0.226 e. The molecule has 1 aromatic carbocycles. The Hall–Kier alpha value is -1.82. The number of rotatable bonds is 7. The van der Waals surface area contributed by atoms with Gasteiger partial charge < -0.3 is 9.42 Å². The lowest BCUT2D eigenvalue weighted by Gasteiger charge is -2.17. The van der Waals surface area contributed by atoms with Crippen LogP contribution in [0, 0.1) is 6.92 Å². The van der Waals surface area contributed by atoms with Crippen molar-refractivity contribution < 1.29 is 9.32 Å². The fourth-order valence-corrected chi connectivity index (χ4v) is 2.52. The highest BCUT2D eigenvalue weighted by Gasteiger charge is 2.10. The van der Waals surface area contributed by atoms with E-state index in [2.05, 4.69) is 40.7 Å². The van der Waals surface area contributed by atoms with E-state index in [-0.39, 0.29) is 5.91 Å². The molecule has 0 aliphatic carbocycles. The van der Waals surface area contributed by atoms with Crippen LogP contribution in [0.1, 0.15) is 30.1 Å². The summed E-state index contributed by atoms with van der Waals surface area (Å²) in [5.41, 5.74) is 1.14. The number of hydrogen-bond donors (Lipinski definition) is 0. The lowest BCUT2D eigenvalue weighted by Crippen LogP contribution is -2.25. The van der Waals surface area contributed by atoms with Gasteiger partial charge >= 0.3 is 0 Å². The zero-order valence-corrected chi connectivity index (χ0v) is 14.0. The Morgan fingerprint density at radius 3 is 2.64 bits per heavy atom. The molecule has 22 heavy (non-hydrogen) atoms. The van der Waals surface area contributed by atoms with E-state index in [9.17, 15) is 4.79 Å². The first-order valence-corrected chi connectivity index (χ1v) is 8.47. The quantitative estimate of drug-likeness (QED) is 0.734. The maximum absolute atomic E-state index is 12.1. The molecule has 2 aromatic rings. The van der Waals surface area contributed by atoms with Crippen LogP contribution in [0.15, 0.2) is 33.7 Å². The third-order valence-electron chi connectivity index (χ3n) is 3.36. The molecule has 0 spiro atoms. The molecule has 0 bridgehead atoms. The van der Waals surface area contributed by atoms with E-state index >= 15 is 0 Å². The summed E-state index contributed by atoms with van der Waals surface area (Å²) in [5.74, 6) is 1.36. The van der Waals surface area contributed by atoms with Crippen LogP contribution in [0.25, 0.3) is 0 Å². The molecule has 1 amide bonds. The Balaban J connectivity index is 1.76. The van der Waals surface area contributed by atoms with E-state index in [1.807, 2.05) is 7.05 Å². The predicted molar refractivity (Wildman–Crippen MR) is 86.7 cm³/mol. The van der Waals surface area contributed by atoms with Crippen LogP contribution in [-0.4, -0.2) is 34.3 Å². The van der Waals surface area contributed by atoms with E-state index < -0.39 is 0 Å². The molecule has 1 heterocycles. The molecule has 0 atom stereocenters. The van der Waals surface area contributed by atoms with Crippen molar-refractivity contribution in [2.45, 2.75) is 37.6 Å². The Labute approximate surface area is 135 Å². The van der Waals surface area contributed by atoms with Crippen LogP contribution < -0.4 is 0 Å². The van der Waals surface area contributed by atoms with Crippen molar-refractivity contribution in [1.82, 2.24) is 15.0 Å². The smallest absolute Gasteiger partial charge is 0.226 e. The topological polar surface area (TPSA) is 59.2 Å². The van der Waals surface area contributed by atoms with Gasteiger partial charge in [-0.2, -0.15) is 4.98 Å². The first kappa shape index (κ1) is 16.5. The van der Waals surface area contributed by atoms with E-state index in [1.54, 1.807) is 23.6 Å². The zero-order valence-electron chi connectivity index (χ0n) is 13.2. The van der Waals surface area contributed by atoms with E-state index in [0.29, 0.717) is 31.1 Å². The lowest BCUT2D eigenvalue weighted by atomic mass is 10.2. The van der Waals surface area contributed by atoms with Gasteiger partial charge in [0.1, 0.15) is 0 Å². The average molecular weight is 319 g/mol. The number of amides is 1. The Morgan fingerprint density at radius 1 is 1.32 bits per heavy atom. The average Bonchev–Trinajstić information content (AvgIpc) is 2.93. The summed E-state index contributed by atoms with van der Waals surface area (Å²) in [4.78, 5) is 19.2. The normalized spacial score (nSPS) is 10.7. The number of carbonyl (C=O) groups excluding carboxylic acids is 1. The van der Waals surface area contributed by atoms with E-state index in [4.69, 9.17) is 4.52 Å². The lowest BCUT2D eigenvalue weighted by molar-refractivity contribution is -0.130. The second kappa shape index (κ2) is 7.98. The number of carbonyl (C=O) groups is 1. The van der Waals surface area contributed by atoms with Gasteiger partial charge in [0.15, 0.2) is 5.82 Å². The zero-order chi connectivity index (χ0) is 15.9. The third kappa shape index (κ3) is 4.87. The first-order valence-electron chi connectivity index (χ1n) is 7.24. The van der Waals surface area contributed by atoms with Crippen LogP contribution in [-0.2, 0) is 17.8 Å². The van der Waals surface area contributed by atoms with Gasteiger partial charge in [-0.25, -0.2) is 0 Å². The van der Waals surface area contributed by atoms with Crippen LogP contribution in [0.5, 0.6) is 0 Å². The van der Waals surface area contributed by atoms with Crippen LogP contribution in [0.3, 0.4) is 0 Å². The van der Waals surface area contributed by atoms with Gasteiger partial charge in [0, 0.05) is 31.3 Å². The predicted octanol–water partition coefficient (Wildman–Crippen LogP) is 3.08. The summed E-state index contributed by atoms with van der Waals surface area (Å²) in [6.45, 7) is 2.42. The molecule has 6 heteroatoms. The van der Waals surface area contributed by atoms with Gasteiger partial charge in [-0.15, -0.1) is 11.8 Å². The molecule has 0 unspecified atom stereocenters. The third-order valence-corrected chi connectivity index (χ3v) is 4.10. The molecule has 0 radical (unpaired) electrons. The van der Waals surface area contributed by atoms with Crippen molar-refractivity contribution in [2.75, 3.05) is 13.3 Å². The largest absolute Gasteiger partial charge is 0.341 e. The summed E-state index contributed by atoms with van der Waals surface area (Å²) in [6.07, 6.45) is 3.90. The molecule has 5 nitrogen and oxygen atoms in total. The highest BCUT2D eigenvalue weighted by Crippen LogP contribution is 2.16. The Morgan fingerprint density at radius 2 is 2.05 bits per heavy atom. The monoisotopic (exact) mass is 319 g/mol. The summed E-state index contributed by atoms with van der Waals surface area (Å²) in [7, 11) is 1.83. The van der Waals surface area contributed by atoms with Gasteiger partial charge in [0.2, 0.25) is 11.8 Å². The molecular weight excluding hydrogens is 298 g/mol. The SMILES string of the molecule is CSc1ccc(CN(C)C(=O)CCCc2nc(C)no2)cc1. The van der Waals surface area contributed by atoms with Crippen LogP contribution in [0.4, 0.5) is 0 Å². The van der Waals surface area contributed by atoms with Crippen molar-refractivity contribution in [3.05, 3.63) is 41.5 Å². The van der Waals surface area contributed by atoms with Crippen molar-refractivity contribution >= 4 is 17.7 Å². The Bertz CT molecular complexity index is 610. The van der Waals surface area contributed by atoms with Crippen LogP contribution >= 0.6 is 11.8 Å². The molecule has 0 fully saturated rings. The number of aromatic nitrogens is 2. The van der Waals surface area contributed by atoms with Gasteiger partial charge in [0.25, 0.3) is 0 Å². The van der Waals surface area contributed by atoms with Gasteiger partial charge in [0.05, 0.1) is 0 Å². The van der Waals surface area contributed by atoms with Gasteiger partial charge in [-0.05, 0) is 37.3 Å². The number of nitrogens with zero attached hydrogens (tertiary/aromatic N) is 3. The molecule has 0 aliphatic rings. The van der Waals surface area contributed by atoms with Crippen molar-refractivity contribution in [3.63, 3.8) is 0 Å². The molecule has 0 saturated carbocycles. The molecule has 0 N–H and O–H groups in total. The minimum absolute atomic E-state index is 0.130. The molecule has 118 valence electrons. The minimum atomic E-state index is 0.130. The Kier molecular flexibility index (Phi) is 6.00. The number of benzene rings is 1. The number of thioether (sulfide) groups is 1. The van der Waals surface area contributed by atoms with Gasteiger partial charge in [-0.1, -0.05) is 17.3 Å². The minimum Gasteiger partial charge on any atom is -0.341 e.